The normalized spacial score (nSPS) is 12.0. The summed E-state index contributed by atoms with van der Waals surface area (Å²) in [4.78, 5) is 27.4. The van der Waals surface area contributed by atoms with Crippen molar-refractivity contribution in [2.24, 2.45) is 13.0 Å². The number of ether oxygens (including phenoxy) is 2. The molecule has 0 aliphatic heterocycles. The summed E-state index contributed by atoms with van der Waals surface area (Å²) in [5.74, 6) is -0.649. The number of aliphatic hydroxyl groups is 1. The van der Waals surface area contributed by atoms with E-state index in [0.717, 1.165) is 5.82 Å². The average molecular weight is 298 g/mol. The van der Waals surface area contributed by atoms with Crippen LogP contribution in [0, 0.1) is 5.92 Å². The lowest BCUT2D eigenvalue weighted by Crippen LogP contribution is -2.22. The molecule has 1 aromatic rings. The molecule has 0 bridgehead atoms. The van der Waals surface area contributed by atoms with Gasteiger partial charge in [-0.05, 0) is 13.3 Å². The van der Waals surface area contributed by atoms with E-state index in [1.165, 1.54) is 7.11 Å². The lowest BCUT2D eigenvalue weighted by Gasteiger charge is -2.13. The summed E-state index contributed by atoms with van der Waals surface area (Å²) in [6, 6.07) is 0. The van der Waals surface area contributed by atoms with Gasteiger partial charge in [0.15, 0.2) is 0 Å². The van der Waals surface area contributed by atoms with Gasteiger partial charge in [-0.15, -0.1) is 0 Å². The molecule has 0 aliphatic rings. The number of aryl methyl sites for hydroxylation is 1. The Kier molecular flexibility index (Phi) is 6.87. The van der Waals surface area contributed by atoms with Crippen molar-refractivity contribution in [3.63, 3.8) is 0 Å². The molecule has 0 saturated carbocycles. The summed E-state index contributed by atoms with van der Waals surface area (Å²) in [6.45, 7) is 1.91. The Bertz CT molecular complexity index is 484. The standard InChI is InChI=1S/C14H22N2O5/c1-4-21-13(18)7-10(14(19)20-3)5-6-12-15-8-11(9-17)16(12)2/h8,10,17H,4-7,9H2,1-3H3. The van der Waals surface area contributed by atoms with Gasteiger partial charge in [-0.25, -0.2) is 4.98 Å². The van der Waals surface area contributed by atoms with Crippen molar-refractivity contribution in [1.29, 1.82) is 0 Å². The van der Waals surface area contributed by atoms with Crippen molar-refractivity contribution in [2.75, 3.05) is 13.7 Å². The lowest BCUT2D eigenvalue weighted by molar-refractivity contribution is -0.153. The predicted octanol–water partition coefficient (Wildman–Crippen LogP) is 0.587. The molecular formula is C14H22N2O5. The molecule has 0 aliphatic carbocycles. The highest BCUT2D eigenvalue weighted by atomic mass is 16.5. The molecule has 1 N–H and O–H groups in total. The topological polar surface area (TPSA) is 90.6 Å². The van der Waals surface area contributed by atoms with Gasteiger partial charge in [0.1, 0.15) is 5.82 Å². The SMILES string of the molecule is CCOC(=O)CC(CCc1ncc(CO)n1C)C(=O)OC. The molecule has 1 aromatic heterocycles. The molecule has 0 aromatic carbocycles. The molecule has 0 amide bonds. The number of aromatic nitrogens is 2. The molecule has 1 heterocycles. The zero-order valence-corrected chi connectivity index (χ0v) is 12.7. The summed E-state index contributed by atoms with van der Waals surface area (Å²) < 4.78 is 11.4. The molecule has 0 saturated heterocycles. The molecule has 1 unspecified atom stereocenters. The summed E-state index contributed by atoms with van der Waals surface area (Å²) >= 11 is 0. The number of rotatable bonds is 8. The van der Waals surface area contributed by atoms with Crippen LogP contribution < -0.4 is 0 Å². The quantitative estimate of drug-likeness (QED) is 0.706. The van der Waals surface area contributed by atoms with Gasteiger partial charge in [-0.1, -0.05) is 0 Å². The van der Waals surface area contributed by atoms with Crippen molar-refractivity contribution in [3.8, 4) is 0 Å². The van der Waals surface area contributed by atoms with Crippen molar-refractivity contribution in [1.82, 2.24) is 9.55 Å². The third-order valence-electron chi connectivity index (χ3n) is 3.31. The Morgan fingerprint density at radius 1 is 1.48 bits per heavy atom. The number of esters is 2. The number of hydrogen-bond donors (Lipinski definition) is 1. The van der Waals surface area contributed by atoms with Gasteiger partial charge in [-0.3, -0.25) is 9.59 Å². The smallest absolute Gasteiger partial charge is 0.309 e. The van der Waals surface area contributed by atoms with Crippen molar-refractivity contribution >= 4 is 11.9 Å². The van der Waals surface area contributed by atoms with Crippen LogP contribution in [0.5, 0.6) is 0 Å². The number of aliphatic hydroxyl groups excluding tert-OH is 1. The first-order valence-electron chi connectivity index (χ1n) is 6.87. The molecule has 21 heavy (non-hydrogen) atoms. The lowest BCUT2D eigenvalue weighted by atomic mass is 9.99. The van der Waals surface area contributed by atoms with Crippen LogP contribution in [0.1, 0.15) is 31.3 Å². The van der Waals surface area contributed by atoms with Gasteiger partial charge in [0.25, 0.3) is 0 Å². The van der Waals surface area contributed by atoms with Crippen LogP contribution in [-0.4, -0.2) is 40.3 Å². The molecule has 1 atom stereocenters. The molecule has 0 radical (unpaired) electrons. The molecular weight excluding hydrogens is 276 g/mol. The van der Waals surface area contributed by atoms with Crippen molar-refractivity contribution in [3.05, 3.63) is 17.7 Å². The zero-order valence-electron chi connectivity index (χ0n) is 12.7. The van der Waals surface area contributed by atoms with Crippen molar-refractivity contribution < 1.29 is 24.2 Å². The van der Waals surface area contributed by atoms with Gasteiger partial charge in [0, 0.05) is 13.5 Å². The highest BCUT2D eigenvalue weighted by Crippen LogP contribution is 2.16. The number of methoxy groups -OCH3 is 1. The fraction of sp³-hybridized carbons (Fsp3) is 0.643. The Hall–Kier alpha value is -1.89. The Balaban J connectivity index is 2.66. The number of hydrogen-bond acceptors (Lipinski definition) is 6. The van der Waals surface area contributed by atoms with E-state index in [0.29, 0.717) is 18.5 Å². The van der Waals surface area contributed by atoms with Gasteiger partial charge < -0.3 is 19.1 Å². The minimum Gasteiger partial charge on any atom is -0.469 e. The van der Waals surface area contributed by atoms with Gasteiger partial charge in [0.05, 0.1) is 44.6 Å². The second-order valence-electron chi connectivity index (χ2n) is 4.65. The molecule has 7 heteroatoms. The van der Waals surface area contributed by atoms with Gasteiger partial charge in [-0.2, -0.15) is 0 Å². The highest BCUT2D eigenvalue weighted by Gasteiger charge is 2.24. The maximum absolute atomic E-state index is 11.7. The van der Waals surface area contributed by atoms with E-state index in [2.05, 4.69) is 4.98 Å². The van der Waals surface area contributed by atoms with E-state index in [4.69, 9.17) is 14.6 Å². The Morgan fingerprint density at radius 3 is 2.71 bits per heavy atom. The van der Waals surface area contributed by atoms with Crippen LogP contribution >= 0.6 is 0 Å². The number of imidazole rings is 1. The second-order valence-corrected chi connectivity index (χ2v) is 4.65. The molecule has 118 valence electrons. The first kappa shape index (κ1) is 17.2. The summed E-state index contributed by atoms with van der Waals surface area (Å²) in [5.41, 5.74) is 0.699. The highest BCUT2D eigenvalue weighted by molar-refractivity contribution is 5.79. The fourth-order valence-corrected chi connectivity index (χ4v) is 2.06. The number of nitrogens with zero attached hydrogens (tertiary/aromatic N) is 2. The van der Waals surface area contributed by atoms with Crippen molar-refractivity contribution in [2.45, 2.75) is 32.8 Å². The number of carbonyl (C=O) groups excluding carboxylic acids is 2. The van der Waals surface area contributed by atoms with E-state index in [1.54, 1.807) is 24.7 Å². The van der Waals surface area contributed by atoms with Crippen LogP contribution in [0.3, 0.4) is 0 Å². The van der Waals surface area contributed by atoms with E-state index in [9.17, 15) is 9.59 Å². The van der Waals surface area contributed by atoms with Crippen LogP contribution in [0.2, 0.25) is 0 Å². The van der Waals surface area contributed by atoms with E-state index < -0.39 is 17.9 Å². The van der Waals surface area contributed by atoms with Crippen LogP contribution in [0.25, 0.3) is 0 Å². The number of carbonyl (C=O) groups is 2. The van der Waals surface area contributed by atoms with Crippen LogP contribution in [0.15, 0.2) is 6.20 Å². The third-order valence-corrected chi connectivity index (χ3v) is 3.31. The fourth-order valence-electron chi connectivity index (χ4n) is 2.06. The monoisotopic (exact) mass is 298 g/mol. The minimum absolute atomic E-state index is 0.00219. The minimum atomic E-state index is -0.552. The Labute approximate surface area is 123 Å². The second kappa shape index (κ2) is 8.41. The third kappa shape index (κ3) is 4.86. The molecule has 0 spiro atoms. The average Bonchev–Trinajstić information content (AvgIpc) is 2.83. The van der Waals surface area contributed by atoms with Crippen LogP contribution in [0.4, 0.5) is 0 Å². The summed E-state index contributed by atoms with van der Waals surface area (Å²) in [5, 5.41) is 9.12. The van der Waals surface area contributed by atoms with Gasteiger partial charge in [0.2, 0.25) is 0 Å². The predicted molar refractivity (Wildman–Crippen MR) is 74.2 cm³/mol. The van der Waals surface area contributed by atoms with E-state index in [1.807, 2.05) is 0 Å². The first-order chi connectivity index (χ1) is 10.0. The maximum atomic E-state index is 11.7. The first-order valence-corrected chi connectivity index (χ1v) is 6.87. The molecule has 1 rings (SSSR count). The molecule has 7 nitrogen and oxygen atoms in total. The maximum Gasteiger partial charge on any atom is 0.309 e. The van der Waals surface area contributed by atoms with E-state index >= 15 is 0 Å². The zero-order chi connectivity index (χ0) is 15.8. The largest absolute Gasteiger partial charge is 0.469 e. The summed E-state index contributed by atoms with van der Waals surface area (Å²) in [7, 11) is 3.09. The Morgan fingerprint density at radius 2 is 2.19 bits per heavy atom. The van der Waals surface area contributed by atoms with E-state index in [-0.39, 0.29) is 19.6 Å². The molecule has 0 fully saturated rings. The van der Waals surface area contributed by atoms with Gasteiger partial charge >= 0.3 is 11.9 Å². The summed E-state index contributed by atoms with van der Waals surface area (Å²) in [6.07, 6.45) is 2.53. The van der Waals surface area contributed by atoms with Crippen LogP contribution in [-0.2, 0) is 39.1 Å².